The van der Waals surface area contributed by atoms with Crippen molar-refractivity contribution in [3.63, 3.8) is 0 Å². The zero-order valence-electron chi connectivity index (χ0n) is 12.7. The Labute approximate surface area is 129 Å². The number of aromatic nitrogens is 2. The molecule has 2 aromatic rings. The Morgan fingerprint density at radius 3 is 2.86 bits per heavy atom. The number of fused-ring (bicyclic) bond motifs is 1. The summed E-state index contributed by atoms with van der Waals surface area (Å²) in [5.74, 6) is -0.264. The van der Waals surface area contributed by atoms with Crippen LogP contribution in [0, 0.1) is 5.41 Å². The second-order valence-corrected chi connectivity index (χ2v) is 6.04. The van der Waals surface area contributed by atoms with E-state index in [9.17, 15) is 4.79 Å². The molecule has 0 fully saturated rings. The van der Waals surface area contributed by atoms with Gasteiger partial charge in [-0.15, -0.1) is 0 Å². The van der Waals surface area contributed by atoms with Crippen molar-refractivity contribution in [3.05, 3.63) is 59.7 Å². The molecule has 0 radical (unpaired) electrons. The Morgan fingerprint density at radius 2 is 2.09 bits per heavy atom. The number of carbonyl (C=O) groups excluding carboxylic acids is 1. The standard InChI is InChI=1S/C17H18N4O/c1-17(2)8-7-12-5-4-10-19-14(12)15(17)20-21-16(22)13-6-3-9-18-11-13/h3-6,9-11H,7-8H2,1-2H3,(H,21,22)/b20-15-. The third-order valence-electron chi connectivity index (χ3n) is 3.97. The highest BCUT2D eigenvalue weighted by molar-refractivity contribution is 6.05. The van der Waals surface area contributed by atoms with E-state index in [2.05, 4.69) is 40.4 Å². The molecule has 1 aliphatic rings. The lowest BCUT2D eigenvalue weighted by Gasteiger charge is -2.31. The van der Waals surface area contributed by atoms with E-state index < -0.39 is 0 Å². The van der Waals surface area contributed by atoms with Crippen LogP contribution in [0.3, 0.4) is 0 Å². The van der Waals surface area contributed by atoms with Gasteiger partial charge in [-0.25, -0.2) is 5.43 Å². The van der Waals surface area contributed by atoms with Gasteiger partial charge in [0.05, 0.1) is 17.0 Å². The monoisotopic (exact) mass is 294 g/mol. The van der Waals surface area contributed by atoms with Gasteiger partial charge in [0.2, 0.25) is 0 Å². The van der Waals surface area contributed by atoms with Crippen molar-refractivity contribution < 1.29 is 4.79 Å². The summed E-state index contributed by atoms with van der Waals surface area (Å²) in [7, 11) is 0. The number of hydrazone groups is 1. The Bertz CT molecular complexity index is 722. The summed E-state index contributed by atoms with van der Waals surface area (Å²) < 4.78 is 0. The third-order valence-corrected chi connectivity index (χ3v) is 3.97. The van der Waals surface area contributed by atoms with Gasteiger partial charge in [0.25, 0.3) is 5.91 Å². The van der Waals surface area contributed by atoms with Crippen LogP contribution in [0.4, 0.5) is 0 Å². The lowest BCUT2D eigenvalue weighted by atomic mass is 9.74. The number of rotatable bonds is 2. The Morgan fingerprint density at radius 1 is 1.27 bits per heavy atom. The maximum Gasteiger partial charge on any atom is 0.272 e. The zero-order valence-corrected chi connectivity index (χ0v) is 12.7. The molecule has 1 amide bonds. The van der Waals surface area contributed by atoms with Gasteiger partial charge in [-0.05, 0) is 36.6 Å². The first-order valence-electron chi connectivity index (χ1n) is 7.31. The topological polar surface area (TPSA) is 67.2 Å². The molecule has 0 atom stereocenters. The smallest absolute Gasteiger partial charge is 0.267 e. The normalized spacial score (nSPS) is 17.8. The van der Waals surface area contributed by atoms with Crippen LogP contribution < -0.4 is 5.43 Å². The molecular weight excluding hydrogens is 276 g/mol. The van der Waals surface area contributed by atoms with Crippen molar-refractivity contribution in [2.24, 2.45) is 10.5 Å². The largest absolute Gasteiger partial charge is 0.272 e. The van der Waals surface area contributed by atoms with Crippen molar-refractivity contribution in [2.45, 2.75) is 26.7 Å². The van der Waals surface area contributed by atoms with Gasteiger partial charge in [-0.3, -0.25) is 14.8 Å². The summed E-state index contributed by atoms with van der Waals surface area (Å²) in [6.07, 6.45) is 6.87. The minimum atomic E-state index is -0.264. The lowest BCUT2D eigenvalue weighted by molar-refractivity contribution is 0.0954. The van der Waals surface area contributed by atoms with Crippen molar-refractivity contribution in [3.8, 4) is 0 Å². The number of hydrogen-bond acceptors (Lipinski definition) is 4. The molecule has 0 spiro atoms. The van der Waals surface area contributed by atoms with Gasteiger partial charge >= 0.3 is 0 Å². The summed E-state index contributed by atoms with van der Waals surface area (Å²) in [6, 6.07) is 7.43. The Hall–Kier alpha value is -2.56. The highest BCUT2D eigenvalue weighted by Gasteiger charge is 2.33. The molecule has 22 heavy (non-hydrogen) atoms. The molecule has 0 saturated heterocycles. The fourth-order valence-electron chi connectivity index (χ4n) is 2.61. The van der Waals surface area contributed by atoms with Crippen LogP contribution in [0.25, 0.3) is 0 Å². The van der Waals surface area contributed by atoms with Crippen LogP contribution in [-0.4, -0.2) is 21.6 Å². The van der Waals surface area contributed by atoms with Gasteiger partial charge in [0.15, 0.2) is 0 Å². The predicted octanol–water partition coefficient (Wildman–Crippen LogP) is 2.58. The van der Waals surface area contributed by atoms with E-state index >= 15 is 0 Å². The number of hydrogen-bond donors (Lipinski definition) is 1. The van der Waals surface area contributed by atoms with Crippen LogP contribution >= 0.6 is 0 Å². The number of carbonyl (C=O) groups is 1. The first-order chi connectivity index (χ1) is 10.6. The van der Waals surface area contributed by atoms with Crippen LogP contribution in [-0.2, 0) is 6.42 Å². The van der Waals surface area contributed by atoms with Crippen molar-refractivity contribution >= 4 is 11.6 Å². The molecule has 1 aliphatic carbocycles. The summed E-state index contributed by atoms with van der Waals surface area (Å²) in [4.78, 5) is 20.5. The average Bonchev–Trinajstić information content (AvgIpc) is 2.54. The molecule has 2 aromatic heterocycles. The fraction of sp³-hybridized carbons (Fsp3) is 0.294. The molecule has 0 aromatic carbocycles. The summed E-state index contributed by atoms with van der Waals surface area (Å²) in [5.41, 5.74) is 5.88. The molecule has 112 valence electrons. The predicted molar refractivity (Wildman–Crippen MR) is 84.6 cm³/mol. The van der Waals surface area contributed by atoms with E-state index in [1.165, 1.54) is 11.8 Å². The zero-order chi connectivity index (χ0) is 15.6. The van der Waals surface area contributed by atoms with Crippen LogP contribution in [0.5, 0.6) is 0 Å². The van der Waals surface area contributed by atoms with E-state index in [-0.39, 0.29) is 11.3 Å². The van der Waals surface area contributed by atoms with Crippen LogP contribution in [0.15, 0.2) is 48.0 Å². The molecule has 5 nitrogen and oxygen atoms in total. The average molecular weight is 294 g/mol. The maximum absolute atomic E-state index is 12.1. The quantitative estimate of drug-likeness (QED) is 0.866. The Balaban J connectivity index is 1.90. The highest BCUT2D eigenvalue weighted by Crippen LogP contribution is 2.34. The van der Waals surface area contributed by atoms with Crippen LogP contribution in [0.1, 0.15) is 41.9 Å². The maximum atomic E-state index is 12.1. The van der Waals surface area contributed by atoms with Crippen molar-refractivity contribution in [1.82, 2.24) is 15.4 Å². The van der Waals surface area contributed by atoms with Crippen molar-refractivity contribution in [1.29, 1.82) is 0 Å². The van der Waals surface area contributed by atoms with Gasteiger partial charge in [0, 0.05) is 24.0 Å². The minimum Gasteiger partial charge on any atom is -0.267 e. The second kappa shape index (κ2) is 5.67. The van der Waals surface area contributed by atoms with Crippen molar-refractivity contribution in [2.75, 3.05) is 0 Å². The molecule has 0 saturated carbocycles. The number of nitrogens with zero attached hydrogens (tertiary/aromatic N) is 3. The molecule has 5 heteroatoms. The first kappa shape index (κ1) is 14.4. The number of pyridine rings is 2. The first-order valence-corrected chi connectivity index (χ1v) is 7.31. The molecule has 3 rings (SSSR count). The highest BCUT2D eigenvalue weighted by atomic mass is 16.2. The van der Waals surface area contributed by atoms with Gasteiger partial charge in [-0.1, -0.05) is 19.9 Å². The van der Waals surface area contributed by atoms with Crippen LogP contribution in [0.2, 0.25) is 0 Å². The van der Waals surface area contributed by atoms with Gasteiger partial charge in [-0.2, -0.15) is 5.10 Å². The molecule has 0 unspecified atom stereocenters. The van der Waals surface area contributed by atoms with E-state index in [1.807, 2.05) is 6.07 Å². The number of amides is 1. The summed E-state index contributed by atoms with van der Waals surface area (Å²) in [6.45, 7) is 4.25. The third kappa shape index (κ3) is 2.74. The molecular formula is C17H18N4O. The van der Waals surface area contributed by atoms with Gasteiger partial charge < -0.3 is 0 Å². The number of aryl methyl sites for hydroxylation is 1. The van der Waals surface area contributed by atoms with Gasteiger partial charge in [0.1, 0.15) is 0 Å². The minimum absolute atomic E-state index is 0.121. The second-order valence-electron chi connectivity index (χ2n) is 6.04. The summed E-state index contributed by atoms with van der Waals surface area (Å²) in [5, 5.41) is 4.38. The summed E-state index contributed by atoms with van der Waals surface area (Å²) >= 11 is 0. The van der Waals surface area contributed by atoms with E-state index in [4.69, 9.17) is 0 Å². The number of nitrogens with one attached hydrogen (secondary N) is 1. The molecule has 2 heterocycles. The molecule has 0 aliphatic heterocycles. The fourth-order valence-corrected chi connectivity index (χ4v) is 2.61. The molecule has 1 N–H and O–H groups in total. The van der Waals surface area contributed by atoms with E-state index in [0.29, 0.717) is 5.56 Å². The Kier molecular flexibility index (Phi) is 3.71. The van der Waals surface area contributed by atoms with E-state index in [1.54, 1.807) is 24.5 Å². The van der Waals surface area contributed by atoms with E-state index in [0.717, 1.165) is 24.2 Å². The molecule has 0 bridgehead atoms. The SMILES string of the molecule is CC1(C)CCc2cccnc2/C1=N/NC(=O)c1cccnc1. The lowest BCUT2D eigenvalue weighted by Crippen LogP contribution is -2.34.